The van der Waals surface area contributed by atoms with E-state index >= 15 is 0 Å². The molecule has 0 aliphatic heterocycles. The third-order valence-corrected chi connectivity index (χ3v) is 4.52. The van der Waals surface area contributed by atoms with Gasteiger partial charge in [0, 0.05) is 12.7 Å². The molecule has 2 unspecified atom stereocenters. The molecule has 2 amide bonds. The summed E-state index contributed by atoms with van der Waals surface area (Å²) in [6.45, 7) is 1.33. The average molecular weight is 360 g/mol. The zero-order valence-corrected chi connectivity index (χ0v) is 14.9. The summed E-state index contributed by atoms with van der Waals surface area (Å²) in [6.07, 6.45) is 7.25. The van der Waals surface area contributed by atoms with Crippen LogP contribution in [0.4, 0.5) is 4.79 Å². The van der Waals surface area contributed by atoms with E-state index in [9.17, 15) is 14.4 Å². The Bertz CT molecular complexity index is 673. The first-order chi connectivity index (χ1) is 12.6. The van der Waals surface area contributed by atoms with E-state index < -0.39 is 5.97 Å². The minimum atomic E-state index is -0.441. The molecule has 26 heavy (non-hydrogen) atoms. The number of esters is 1. The molecule has 0 radical (unpaired) electrons. The van der Waals surface area contributed by atoms with E-state index in [1.807, 2.05) is 0 Å². The highest BCUT2D eigenvalue weighted by atomic mass is 16.5. The summed E-state index contributed by atoms with van der Waals surface area (Å²) in [6, 6.07) is 2.87. The number of hydrogen-bond donors (Lipinski definition) is 2. The van der Waals surface area contributed by atoms with Crippen LogP contribution in [0.25, 0.3) is 0 Å². The number of rotatable bonds is 7. The molecule has 2 N–H and O–H groups in total. The summed E-state index contributed by atoms with van der Waals surface area (Å²) in [5.41, 5.74) is 0.971. The van der Waals surface area contributed by atoms with Crippen molar-refractivity contribution in [3.05, 3.63) is 29.6 Å². The summed E-state index contributed by atoms with van der Waals surface area (Å²) in [4.78, 5) is 41.5. The largest absolute Gasteiger partial charge is 0.465 e. The molecule has 2 rings (SSSR count). The standard InChI is InChI=1S/C18H24N4O4/c1-26-17(24)15-5-6-20-16(8-15)11-22-18(25)21-10-14-4-2-3-13(7-14)9-19-12-23/h5-6,8,13-14H,2-4,7,9-11H2,1H3,(H2,21,22,25). The van der Waals surface area contributed by atoms with Gasteiger partial charge in [-0.05, 0) is 43.2 Å². The Balaban J connectivity index is 1.73. The smallest absolute Gasteiger partial charge is 0.337 e. The van der Waals surface area contributed by atoms with E-state index in [0.717, 1.165) is 25.7 Å². The van der Waals surface area contributed by atoms with Crippen LogP contribution in [0.3, 0.4) is 0 Å². The lowest BCUT2D eigenvalue weighted by Crippen LogP contribution is -2.39. The van der Waals surface area contributed by atoms with Crippen molar-refractivity contribution in [2.75, 3.05) is 20.2 Å². The van der Waals surface area contributed by atoms with Gasteiger partial charge in [0.15, 0.2) is 0 Å². The van der Waals surface area contributed by atoms with Crippen LogP contribution >= 0.6 is 0 Å². The predicted octanol–water partition coefficient (Wildman–Crippen LogP) is 1.81. The number of carbonyl (C=O) groups is 2. The molecule has 0 saturated heterocycles. The van der Waals surface area contributed by atoms with E-state index in [1.54, 1.807) is 18.2 Å². The maximum absolute atomic E-state index is 12.0. The van der Waals surface area contributed by atoms with Gasteiger partial charge in [-0.2, -0.15) is 0 Å². The molecule has 1 aliphatic carbocycles. The number of carbonyl (C=O) groups excluding carboxylic acids is 3. The number of pyridine rings is 1. The van der Waals surface area contributed by atoms with Crippen molar-refractivity contribution in [1.82, 2.24) is 15.6 Å². The third-order valence-electron chi connectivity index (χ3n) is 4.52. The molecule has 1 aromatic heterocycles. The lowest BCUT2D eigenvalue weighted by molar-refractivity contribution is 0.0600. The lowest BCUT2D eigenvalue weighted by Gasteiger charge is -2.28. The summed E-state index contributed by atoms with van der Waals surface area (Å²) in [5.74, 6) is 0.344. The number of isocyanates is 1. The van der Waals surface area contributed by atoms with Crippen molar-refractivity contribution in [2.24, 2.45) is 16.8 Å². The van der Waals surface area contributed by atoms with Crippen molar-refractivity contribution in [3.63, 3.8) is 0 Å². The van der Waals surface area contributed by atoms with Crippen LogP contribution in [0.2, 0.25) is 0 Å². The second-order valence-corrected chi connectivity index (χ2v) is 6.42. The van der Waals surface area contributed by atoms with Crippen LogP contribution < -0.4 is 10.6 Å². The fourth-order valence-corrected chi connectivity index (χ4v) is 3.21. The molecule has 0 aromatic carbocycles. The van der Waals surface area contributed by atoms with Crippen LogP contribution in [0, 0.1) is 11.8 Å². The molecule has 8 nitrogen and oxygen atoms in total. The number of aromatic nitrogens is 1. The Morgan fingerprint density at radius 1 is 1.35 bits per heavy atom. The Hall–Kier alpha value is -2.73. The van der Waals surface area contributed by atoms with Crippen molar-refractivity contribution >= 4 is 18.1 Å². The van der Waals surface area contributed by atoms with Gasteiger partial charge in [0.05, 0.1) is 31.5 Å². The van der Waals surface area contributed by atoms with Gasteiger partial charge < -0.3 is 15.4 Å². The van der Waals surface area contributed by atoms with E-state index in [4.69, 9.17) is 0 Å². The number of aliphatic imine (C=N–C) groups is 1. The fourth-order valence-electron chi connectivity index (χ4n) is 3.21. The number of ether oxygens (including phenoxy) is 1. The van der Waals surface area contributed by atoms with Gasteiger partial charge in [0.1, 0.15) is 0 Å². The zero-order chi connectivity index (χ0) is 18.8. The number of amides is 2. The highest BCUT2D eigenvalue weighted by Gasteiger charge is 2.22. The van der Waals surface area contributed by atoms with Crippen molar-refractivity contribution in [2.45, 2.75) is 32.2 Å². The van der Waals surface area contributed by atoms with Crippen LogP contribution in [0.1, 0.15) is 41.7 Å². The third kappa shape index (κ3) is 6.29. The number of nitrogens with one attached hydrogen (secondary N) is 2. The fraction of sp³-hybridized carbons (Fsp3) is 0.556. The van der Waals surface area contributed by atoms with Gasteiger partial charge in [-0.1, -0.05) is 6.42 Å². The van der Waals surface area contributed by atoms with Gasteiger partial charge in [-0.15, -0.1) is 0 Å². The van der Waals surface area contributed by atoms with Crippen LogP contribution in [0.15, 0.2) is 23.3 Å². The highest BCUT2D eigenvalue weighted by molar-refractivity contribution is 5.89. The van der Waals surface area contributed by atoms with E-state index in [-0.39, 0.29) is 12.6 Å². The summed E-state index contributed by atoms with van der Waals surface area (Å²) < 4.78 is 4.66. The highest BCUT2D eigenvalue weighted by Crippen LogP contribution is 2.28. The van der Waals surface area contributed by atoms with Crippen LogP contribution in [-0.2, 0) is 16.1 Å². The van der Waals surface area contributed by atoms with Gasteiger partial charge >= 0.3 is 12.0 Å². The lowest BCUT2D eigenvalue weighted by atomic mass is 9.81. The molecular weight excluding hydrogens is 336 g/mol. The van der Waals surface area contributed by atoms with Gasteiger partial charge in [0.25, 0.3) is 0 Å². The quantitative estimate of drug-likeness (QED) is 0.438. The molecule has 1 heterocycles. The first-order valence-electron chi connectivity index (χ1n) is 8.71. The SMILES string of the molecule is COC(=O)c1ccnc(CNC(=O)NCC2CCCC(CN=C=O)C2)c1. The first kappa shape index (κ1) is 19.6. The molecule has 1 aliphatic rings. The molecule has 8 heteroatoms. The van der Waals surface area contributed by atoms with Crippen molar-refractivity contribution in [1.29, 1.82) is 0 Å². The van der Waals surface area contributed by atoms with Gasteiger partial charge in [-0.25, -0.2) is 19.4 Å². The molecule has 1 fully saturated rings. The maximum atomic E-state index is 12.0. The van der Waals surface area contributed by atoms with E-state index in [1.165, 1.54) is 13.3 Å². The second-order valence-electron chi connectivity index (χ2n) is 6.42. The minimum absolute atomic E-state index is 0.220. The predicted molar refractivity (Wildman–Crippen MR) is 94.3 cm³/mol. The van der Waals surface area contributed by atoms with Gasteiger partial charge in [0.2, 0.25) is 6.08 Å². The zero-order valence-electron chi connectivity index (χ0n) is 14.9. The van der Waals surface area contributed by atoms with Gasteiger partial charge in [-0.3, -0.25) is 4.98 Å². The number of hydrogen-bond acceptors (Lipinski definition) is 6. The normalized spacial score (nSPS) is 19.1. The Labute approximate surface area is 152 Å². The molecule has 1 saturated carbocycles. The molecule has 1 aromatic rings. The summed E-state index contributed by atoms with van der Waals surface area (Å²) in [7, 11) is 1.31. The molecular formula is C18H24N4O4. The molecule has 2 atom stereocenters. The maximum Gasteiger partial charge on any atom is 0.337 e. The molecule has 0 bridgehead atoms. The van der Waals surface area contributed by atoms with E-state index in [2.05, 4.69) is 25.3 Å². The second kappa shape index (κ2) is 10.3. The Morgan fingerprint density at radius 3 is 2.92 bits per heavy atom. The van der Waals surface area contributed by atoms with Crippen molar-refractivity contribution < 1.29 is 19.1 Å². The van der Waals surface area contributed by atoms with E-state index in [0.29, 0.717) is 36.2 Å². The first-order valence-corrected chi connectivity index (χ1v) is 8.71. The number of methoxy groups -OCH3 is 1. The summed E-state index contributed by atoms with van der Waals surface area (Å²) in [5, 5.41) is 5.60. The Kier molecular flexibility index (Phi) is 7.76. The Morgan fingerprint density at radius 2 is 2.15 bits per heavy atom. The average Bonchev–Trinajstić information content (AvgIpc) is 2.69. The topological polar surface area (TPSA) is 110 Å². The van der Waals surface area contributed by atoms with Crippen LogP contribution in [-0.4, -0.2) is 43.3 Å². The number of nitrogens with zero attached hydrogens (tertiary/aromatic N) is 2. The monoisotopic (exact) mass is 360 g/mol. The minimum Gasteiger partial charge on any atom is -0.465 e. The van der Waals surface area contributed by atoms with Crippen molar-refractivity contribution in [3.8, 4) is 0 Å². The molecule has 0 spiro atoms. The number of urea groups is 1. The molecule has 140 valence electrons. The van der Waals surface area contributed by atoms with Crippen LogP contribution in [0.5, 0.6) is 0 Å². The summed E-state index contributed by atoms with van der Waals surface area (Å²) >= 11 is 0.